The van der Waals surface area contributed by atoms with Gasteiger partial charge in [0.1, 0.15) is 5.75 Å². The van der Waals surface area contributed by atoms with Gasteiger partial charge in [0.25, 0.3) is 0 Å². The molecule has 110 valence electrons. The van der Waals surface area contributed by atoms with Crippen molar-refractivity contribution in [3.63, 3.8) is 0 Å². The number of carbonyl (C=O) groups excluding carboxylic acids is 1. The molecule has 0 bridgehead atoms. The van der Waals surface area contributed by atoms with Crippen molar-refractivity contribution in [1.82, 2.24) is 0 Å². The van der Waals surface area contributed by atoms with Crippen LogP contribution in [0.1, 0.15) is 16.7 Å². The normalized spacial score (nSPS) is 15.6. The summed E-state index contributed by atoms with van der Waals surface area (Å²) in [5, 5.41) is 0. The van der Waals surface area contributed by atoms with Gasteiger partial charge in [0, 0.05) is 11.1 Å². The van der Waals surface area contributed by atoms with Crippen molar-refractivity contribution >= 4 is 17.9 Å². The molecule has 0 N–H and O–H groups in total. The number of carbonyl (C=O) groups is 1. The lowest BCUT2D eigenvalue weighted by Gasteiger charge is -2.05. The summed E-state index contributed by atoms with van der Waals surface area (Å²) in [6.45, 7) is 1.98. The molecule has 0 amide bonds. The highest BCUT2D eigenvalue weighted by atomic mass is 16.6. The van der Waals surface area contributed by atoms with Crippen molar-refractivity contribution in [3.8, 4) is 5.75 Å². The van der Waals surface area contributed by atoms with Gasteiger partial charge in [-0.05, 0) is 37.3 Å². The van der Waals surface area contributed by atoms with Gasteiger partial charge in [-0.1, -0.05) is 29.8 Å². The SMILES string of the molecule is COc1ccc(C)cc1/C=C1\N=C(c2ccccc2)OC1=O. The quantitative estimate of drug-likeness (QED) is 0.644. The Morgan fingerprint density at radius 1 is 1.14 bits per heavy atom. The number of aliphatic imine (C=N–C) groups is 1. The van der Waals surface area contributed by atoms with E-state index in [1.807, 2.05) is 55.5 Å². The molecular formula is C18H15NO3. The fourth-order valence-corrected chi connectivity index (χ4v) is 2.23. The van der Waals surface area contributed by atoms with E-state index < -0.39 is 5.97 Å². The average molecular weight is 293 g/mol. The van der Waals surface area contributed by atoms with E-state index in [9.17, 15) is 4.79 Å². The monoisotopic (exact) mass is 293 g/mol. The third-order valence-corrected chi connectivity index (χ3v) is 3.32. The number of rotatable bonds is 3. The van der Waals surface area contributed by atoms with Gasteiger partial charge in [0.05, 0.1) is 7.11 Å². The third kappa shape index (κ3) is 2.76. The van der Waals surface area contributed by atoms with Crippen LogP contribution in [-0.4, -0.2) is 19.0 Å². The van der Waals surface area contributed by atoms with Crippen LogP contribution in [0.25, 0.3) is 6.08 Å². The molecule has 0 spiro atoms. The van der Waals surface area contributed by atoms with Crippen molar-refractivity contribution in [1.29, 1.82) is 0 Å². The molecule has 0 fully saturated rings. The first-order valence-corrected chi connectivity index (χ1v) is 6.90. The van der Waals surface area contributed by atoms with Crippen LogP contribution in [-0.2, 0) is 9.53 Å². The van der Waals surface area contributed by atoms with Crippen LogP contribution in [0.2, 0.25) is 0 Å². The summed E-state index contributed by atoms with van der Waals surface area (Å²) in [5.74, 6) is 0.556. The van der Waals surface area contributed by atoms with Crippen molar-refractivity contribution < 1.29 is 14.3 Å². The van der Waals surface area contributed by atoms with Crippen molar-refractivity contribution in [2.75, 3.05) is 7.11 Å². The number of nitrogens with zero attached hydrogens (tertiary/aromatic N) is 1. The molecule has 2 aromatic carbocycles. The molecule has 0 aromatic heterocycles. The maximum absolute atomic E-state index is 12.0. The predicted molar refractivity (Wildman–Crippen MR) is 84.8 cm³/mol. The molecule has 1 aliphatic rings. The number of esters is 1. The minimum Gasteiger partial charge on any atom is -0.496 e. The zero-order valence-corrected chi connectivity index (χ0v) is 12.4. The van der Waals surface area contributed by atoms with Crippen LogP contribution in [0, 0.1) is 6.92 Å². The molecule has 22 heavy (non-hydrogen) atoms. The topological polar surface area (TPSA) is 47.9 Å². The highest BCUT2D eigenvalue weighted by Crippen LogP contribution is 2.25. The van der Waals surface area contributed by atoms with Crippen molar-refractivity contribution in [2.24, 2.45) is 4.99 Å². The van der Waals surface area contributed by atoms with Gasteiger partial charge < -0.3 is 9.47 Å². The second-order valence-corrected chi connectivity index (χ2v) is 4.95. The minimum atomic E-state index is -0.456. The highest BCUT2D eigenvalue weighted by Gasteiger charge is 2.24. The van der Waals surface area contributed by atoms with Crippen LogP contribution < -0.4 is 4.74 Å². The second kappa shape index (κ2) is 5.85. The first-order chi connectivity index (χ1) is 10.7. The largest absolute Gasteiger partial charge is 0.496 e. The van der Waals surface area contributed by atoms with E-state index in [1.54, 1.807) is 13.2 Å². The summed E-state index contributed by atoms with van der Waals surface area (Å²) in [4.78, 5) is 16.3. The molecule has 0 aliphatic carbocycles. The summed E-state index contributed by atoms with van der Waals surface area (Å²) in [6, 6.07) is 15.1. The molecule has 2 aromatic rings. The summed E-state index contributed by atoms with van der Waals surface area (Å²) in [7, 11) is 1.60. The predicted octanol–water partition coefficient (Wildman–Crippen LogP) is 3.35. The number of hydrogen-bond acceptors (Lipinski definition) is 4. The Balaban J connectivity index is 2.00. The Labute approximate surface area is 128 Å². The Morgan fingerprint density at radius 3 is 2.64 bits per heavy atom. The number of hydrogen-bond donors (Lipinski definition) is 0. The molecule has 0 unspecified atom stereocenters. The van der Waals surface area contributed by atoms with E-state index in [0.29, 0.717) is 11.6 Å². The Kier molecular flexibility index (Phi) is 3.74. The van der Waals surface area contributed by atoms with Crippen molar-refractivity contribution in [2.45, 2.75) is 6.92 Å². The van der Waals surface area contributed by atoms with Gasteiger partial charge in [-0.25, -0.2) is 9.79 Å². The average Bonchev–Trinajstić information content (AvgIpc) is 2.90. The van der Waals surface area contributed by atoms with E-state index >= 15 is 0 Å². The molecule has 1 aliphatic heterocycles. The van der Waals surface area contributed by atoms with E-state index in [-0.39, 0.29) is 5.70 Å². The first kappa shape index (κ1) is 14.1. The fraction of sp³-hybridized carbons (Fsp3) is 0.111. The maximum atomic E-state index is 12.0. The summed E-state index contributed by atoms with van der Waals surface area (Å²) in [6.07, 6.45) is 1.68. The molecule has 1 heterocycles. The van der Waals surface area contributed by atoms with Crippen LogP contribution in [0.5, 0.6) is 5.75 Å². The van der Waals surface area contributed by atoms with E-state index in [1.165, 1.54) is 0 Å². The van der Waals surface area contributed by atoms with Gasteiger partial charge >= 0.3 is 5.97 Å². The van der Waals surface area contributed by atoms with Crippen LogP contribution in [0.15, 0.2) is 59.2 Å². The van der Waals surface area contributed by atoms with Gasteiger partial charge in [-0.2, -0.15) is 0 Å². The number of cyclic esters (lactones) is 1. The van der Waals surface area contributed by atoms with Crippen LogP contribution in [0.3, 0.4) is 0 Å². The first-order valence-electron chi connectivity index (χ1n) is 6.90. The molecule has 0 saturated carbocycles. The zero-order chi connectivity index (χ0) is 15.5. The maximum Gasteiger partial charge on any atom is 0.363 e. The lowest BCUT2D eigenvalue weighted by Crippen LogP contribution is -2.05. The highest BCUT2D eigenvalue weighted by molar-refractivity contribution is 6.12. The van der Waals surface area contributed by atoms with E-state index in [2.05, 4.69) is 4.99 Å². The minimum absolute atomic E-state index is 0.266. The van der Waals surface area contributed by atoms with Gasteiger partial charge in [0.15, 0.2) is 5.70 Å². The Hall–Kier alpha value is -2.88. The molecule has 4 nitrogen and oxygen atoms in total. The third-order valence-electron chi connectivity index (χ3n) is 3.32. The number of methoxy groups -OCH3 is 1. The molecular weight excluding hydrogens is 278 g/mol. The molecule has 0 radical (unpaired) electrons. The zero-order valence-electron chi connectivity index (χ0n) is 12.4. The lowest BCUT2D eigenvalue weighted by molar-refractivity contribution is -0.129. The number of benzene rings is 2. The van der Waals surface area contributed by atoms with E-state index in [4.69, 9.17) is 9.47 Å². The smallest absolute Gasteiger partial charge is 0.363 e. The Bertz CT molecular complexity index is 776. The molecule has 0 atom stereocenters. The second-order valence-electron chi connectivity index (χ2n) is 4.95. The van der Waals surface area contributed by atoms with Gasteiger partial charge in [-0.3, -0.25) is 0 Å². The standard InChI is InChI=1S/C18H15NO3/c1-12-8-9-16(21-2)14(10-12)11-15-18(20)22-17(19-15)13-6-4-3-5-7-13/h3-11H,1-2H3/b15-11-. The summed E-state index contributed by atoms with van der Waals surface area (Å²) in [5.41, 5.74) is 2.91. The van der Waals surface area contributed by atoms with Crippen molar-refractivity contribution in [3.05, 3.63) is 70.9 Å². The van der Waals surface area contributed by atoms with E-state index in [0.717, 1.165) is 16.7 Å². The number of ether oxygens (including phenoxy) is 2. The summed E-state index contributed by atoms with van der Waals surface area (Å²) >= 11 is 0. The van der Waals surface area contributed by atoms with Gasteiger partial charge in [-0.15, -0.1) is 0 Å². The summed E-state index contributed by atoms with van der Waals surface area (Å²) < 4.78 is 10.6. The van der Waals surface area contributed by atoms with Crippen LogP contribution in [0.4, 0.5) is 0 Å². The lowest BCUT2D eigenvalue weighted by atomic mass is 10.1. The molecule has 4 heteroatoms. The number of aryl methyl sites for hydroxylation is 1. The molecule has 0 saturated heterocycles. The Morgan fingerprint density at radius 2 is 1.91 bits per heavy atom. The fourth-order valence-electron chi connectivity index (χ4n) is 2.23. The van der Waals surface area contributed by atoms with Crippen LogP contribution >= 0.6 is 0 Å². The molecule has 3 rings (SSSR count). The van der Waals surface area contributed by atoms with Gasteiger partial charge in [0.2, 0.25) is 5.90 Å².